The fourth-order valence-electron chi connectivity index (χ4n) is 2.11. The summed E-state index contributed by atoms with van der Waals surface area (Å²) in [4.78, 5) is 23.3. The maximum atomic E-state index is 11.5. The lowest BCUT2D eigenvalue weighted by Gasteiger charge is -2.06. The minimum absolute atomic E-state index is 0.0409. The minimum Gasteiger partial charge on any atom is -0.447 e. The molecule has 0 bridgehead atoms. The molecule has 0 aliphatic rings. The number of furan rings is 1. The summed E-state index contributed by atoms with van der Waals surface area (Å²) < 4.78 is 12.0. The van der Waals surface area contributed by atoms with Gasteiger partial charge in [-0.05, 0) is 27.3 Å². The maximum Gasteiger partial charge on any atom is 0.286 e. The Labute approximate surface area is 151 Å². The quantitative estimate of drug-likeness (QED) is 0.619. The first-order valence-electron chi connectivity index (χ1n) is 7.93. The van der Waals surface area contributed by atoms with Gasteiger partial charge in [-0.2, -0.15) is 0 Å². The molecule has 2 heterocycles. The van der Waals surface area contributed by atoms with Crippen molar-refractivity contribution >= 4 is 45.7 Å². The molecule has 2 aromatic heterocycles. The first kappa shape index (κ1) is 20.9. The Morgan fingerprint density at radius 3 is 2.60 bits per heavy atom. The Morgan fingerprint density at radius 2 is 2.08 bits per heavy atom. The molecule has 5 N–H and O–H groups in total. The van der Waals surface area contributed by atoms with Gasteiger partial charge in [-0.25, -0.2) is 0 Å². The van der Waals surface area contributed by atoms with E-state index in [4.69, 9.17) is 14.9 Å². The van der Waals surface area contributed by atoms with Crippen LogP contribution in [0.25, 0.3) is 16.4 Å². The zero-order valence-electron chi connectivity index (χ0n) is 14.9. The molecular formula is C17H25N3O4S. The fraction of sp³-hybridized carbons (Fsp3) is 0.412. The van der Waals surface area contributed by atoms with Gasteiger partial charge in [0.1, 0.15) is 5.69 Å². The number of ether oxygens (including phenoxy) is 1. The smallest absolute Gasteiger partial charge is 0.286 e. The van der Waals surface area contributed by atoms with Gasteiger partial charge in [0.25, 0.3) is 5.91 Å². The maximum absolute atomic E-state index is 11.5. The van der Waals surface area contributed by atoms with E-state index in [1.807, 2.05) is 32.9 Å². The molecular weight excluding hydrogens is 342 g/mol. The van der Waals surface area contributed by atoms with Crippen LogP contribution in [0.4, 0.5) is 5.69 Å². The van der Waals surface area contributed by atoms with Crippen molar-refractivity contribution in [1.29, 1.82) is 0 Å². The summed E-state index contributed by atoms with van der Waals surface area (Å²) >= 11 is 1.42. The number of anilines is 1. The Kier molecular flexibility index (Phi) is 8.33. The van der Waals surface area contributed by atoms with Gasteiger partial charge in [-0.15, -0.1) is 11.3 Å². The van der Waals surface area contributed by atoms with E-state index in [0.29, 0.717) is 29.0 Å². The molecule has 2 amide bonds. The van der Waals surface area contributed by atoms with Crippen LogP contribution in [0.5, 0.6) is 0 Å². The van der Waals surface area contributed by atoms with E-state index < -0.39 is 5.91 Å². The molecule has 0 unspecified atom stereocenters. The normalized spacial score (nSPS) is 11.0. The average molecular weight is 367 g/mol. The van der Waals surface area contributed by atoms with Crippen molar-refractivity contribution in [3.05, 3.63) is 22.3 Å². The number of rotatable bonds is 8. The van der Waals surface area contributed by atoms with Crippen LogP contribution in [0.15, 0.2) is 10.5 Å². The predicted molar refractivity (Wildman–Crippen MR) is 102 cm³/mol. The molecule has 0 spiro atoms. The largest absolute Gasteiger partial charge is 0.447 e. The van der Waals surface area contributed by atoms with Crippen molar-refractivity contribution in [2.75, 3.05) is 12.4 Å². The second kappa shape index (κ2) is 9.97. The number of allylic oxidation sites excluding steroid dienone is 1. The third kappa shape index (κ3) is 4.91. The molecule has 0 aliphatic carbocycles. The van der Waals surface area contributed by atoms with E-state index >= 15 is 0 Å². The van der Waals surface area contributed by atoms with Crippen molar-refractivity contribution in [2.24, 2.45) is 11.5 Å². The lowest BCUT2D eigenvalue weighted by Crippen LogP contribution is -2.12. The zero-order chi connectivity index (χ0) is 19.0. The third-order valence-corrected chi connectivity index (χ3v) is 4.31. The van der Waals surface area contributed by atoms with Gasteiger partial charge in [0.2, 0.25) is 12.2 Å². The Bertz CT molecular complexity index is 747. The lowest BCUT2D eigenvalue weighted by molar-refractivity contribution is -0.105. The summed E-state index contributed by atoms with van der Waals surface area (Å²) in [5, 5.41) is 2.51. The Balaban J connectivity index is 0.00000151. The monoisotopic (exact) mass is 367 g/mol. The van der Waals surface area contributed by atoms with Crippen LogP contribution in [-0.2, 0) is 16.1 Å². The fourth-order valence-corrected chi connectivity index (χ4v) is 3.26. The van der Waals surface area contributed by atoms with Gasteiger partial charge in [0.15, 0.2) is 5.58 Å². The summed E-state index contributed by atoms with van der Waals surface area (Å²) in [6.45, 7) is 6.39. The molecule has 8 heteroatoms. The number of nitrogens with one attached hydrogen (secondary N) is 1. The molecule has 7 nitrogen and oxygen atoms in total. The molecule has 0 atom stereocenters. The number of hydrogen-bond donors (Lipinski definition) is 3. The molecule has 25 heavy (non-hydrogen) atoms. The Morgan fingerprint density at radius 1 is 1.40 bits per heavy atom. The van der Waals surface area contributed by atoms with Crippen molar-refractivity contribution in [2.45, 2.75) is 39.9 Å². The lowest BCUT2D eigenvalue weighted by atomic mass is 10.2. The van der Waals surface area contributed by atoms with Gasteiger partial charge in [-0.3, -0.25) is 9.59 Å². The molecule has 0 radical (unpaired) electrons. The molecule has 0 saturated carbocycles. The highest BCUT2D eigenvalue weighted by Crippen LogP contribution is 2.41. The second-order valence-electron chi connectivity index (χ2n) is 5.20. The van der Waals surface area contributed by atoms with Gasteiger partial charge < -0.3 is 25.9 Å². The van der Waals surface area contributed by atoms with Crippen LogP contribution in [0.1, 0.15) is 48.2 Å². The first-order valence-corrected chi connectivity index (χ1v) is 8.75. The Hall–Kier alpha value is -2.16. The van der Waals surface area contributed by atoms with Crippen LogP contribution in [0.2, 0.25) is 0 Å². The molecule has 0 aliphatic heterocycles. The SMILES string of the molecule is CC/C=C\c1c(COC(C)C)sc2c(NC=O)c(C(N)=O)oc12.CN. The second-order valence-corrected chi connectivity index (χ2v) is 6.31. The standard InChI is InChI=1S/C16H20N2O4S.CH5N/c1-4-5-6-10-11(7-21-9(2)3)23-15-12(18-8-19)14(16(17)20)22-13(10)15;1-2/h5-6,8-9H,4,7H2,1-3H3,(H2,17,20)(H,18,19);2H2,1H3/b6-5-;. The predicted octanol–water partition coefficient (Wildman–Crippen LogP) is 3.08. The highest BCUT2D eigenvalue weighted by Gasteiger charge is 2.24. The zero-order valence-corrected chi connectivity index (χ0v) is 15.7. The summed E-state index contributed by atoms with van der Waals surface area (Å²) in [6.07, 6.45) is 5.41. The molecule has 2 aromatic rings. The van der Waals surface area contributed by atoms with Crippen molar-refractivity contribution in [3.63, 3.8) is 0 Å². The number of fused-ring (bicyclic) bond motifs is 1. The number of carbonyl (C=O) groups excluding carboxylic acids is 2. The van der Waals surface area contributed by atoms with Crippen molar-refractivity contribution < 1.29 is 18.7 Å². The third-order valence-electron chi connectivity index (χ3n) is 3.13. The first-order chi connectivity index (χ1) is 12.0. The summed E-state index contributed by atoms with van der Waals surface area (Å²) in [5.41, 5.74) is 11.5. The molecule has 2 rings (SSSR count). The van der Waals surface area contributed by atoms with Gasteiger partial charge in [0.05, 0.1) is 17.4 Å². The van der Waals surface area contributed by atoms with Crippen LogP contribution in [0.3, 0.4) is 0 Å². The van der Waals surface area contributed by atoms with E-state index in [2.05, 4.69) is 11.1 Å². The molecule has 138 valence electrons. The topological polar surface area (TPSA) is 121 Å². The van der Waals surface area contributed by atoms with Crippen LogP contribution < -0.4 is 16.8 Å². The van der Waals surface area contributed by atoms with Crippen molar-refractivity contribution in [1.82, 2.24) is 0 Å². The van der Waals surface area contributed by atoms with E-state index in [1.165, 1.54) is 18.4 Å². The number of primary amides is 1. The summed E-state index contributed by atoms with van der Waals surface area (Å²) in [7, 11) is 1.50. The highest BCUT2D eigenvalue weighted by atomic mass is 32.1. The van der Waals surface area contributed by atoms with E-state index in [1.54, 1.807) is 0 Å². The van der Waals surface area contributed by atoms with Crippen molar-refractivity contribution in [3.8, 4) is 0 Å². The number of amides is 2. The summed E-state index contributed by atoms with van der Waals surface area (Å²) in [6, 6.07) is 0. The van der Waals surface area contributed by atoms with Crippen LogP contribution in [-0.4, -0.2) is 25.5 Å². The van der Waals surface area contributed by atoms with Crippen LogP contribution >= 0.6 is 11.3 Å². The van der Waals surface area contributed by atoms with Gasteiger partial charge in [0, 0.05) is 10.4 Å². The highest BCUT2D eigenvalue weighted by molar-refractivity contribution is 7.20. The summed E-state index contributed by atoms with van der Waals surface area (Å²) in [5.74, 6) is -0.760. The van der Waals surface area contributed by atoms with Gasteiger partial charge in [-0.1, -0.05) is 19.1 Å². The average Bonchev–Trinajstić information content (AvgIpc) is 3.10. The molecule has 0 saturated heterocycles. The van der Waals surface area contributed by atoms with E-state index in [-0.39, 0.29) is 11.9 Å². The van der Waals surface area contributed by atoms with Crippen LogP contribution in [0, 0.1) is 0 Å². The number of hydrogen-bond acceptors (Lipinski definition) is 6. The van der Waals surface area contributed by atoms with E-state index in [9.17, 15) is 9.59 Å². The number of thiophene rings is 1. The molecule has 0 fully saturated rings. The van der Waals surface area contributed by atoms with Gasteiger partial charge >= 0.3 is 0 Å². The number of carbonyl (C=O) groups is 2. The van der Waals surface area contributed by atoms with E-state index in [0.717, 1.165) is 16.9 Å². The molecule has 0 aromatic carbocycles. The number of nitrogens with two attached hydrogens (primary N) is 2. The minimum atomic E-state index is -0.719.